The van der Waals surface area contributed by atoms with E-state index in [1.807, 2.05) is 0 Å². The Kier molecular flexibility index (Phi) is 24.9. The number of amides is 1. The van der Waals surface area contributed by atoms with Crippen molar-refractivity contribution in [3.63, 3.8) is 0 Å². The summed E-state index contributed by atoms with van der Waals surface area (Å²) in [6, 6.07) is 0. The fraction of sp³-hybridized carbons (Fsp3) is 0.625. The minimum Gasteiger partial charge on any atom is -0.808 e. The monoisotopic (exact) mass is 405 g/mol. The maximum Gasteiger partial charge on any atom is 1.00 e. The molecule has 0 aliphatic rings. The Labute approximate surface area is 223 Å². The van der Waals surface area contributed by atoms with E-state index in [1.165, 1.54) is 6.92 Å². The first kappa shape index (κ1) is 37.3. The maximum absolute atomic E-state index is 11.0. The smallest absolute Gasteiger partial charge is 0.808 e. The zero-order valence-corrected chi connectivity index (χ0v) is 23.8. The van der Waals surface area contributed by atoms with Crippen LogP contribution in [0.4, 0.5) is 0 Å². The molecule has 112 valence electrons. The average molecular weight is 405 g/mol. The van der Waals surface area contributed by atoms with E-state index in [0.29, 0.717) is 0 Å². The second-order valence-electron chi connectivity index (χ2n) is 3.91. The third-order valence-electron chi connectivity index (χ3n) is 2.24. The molecule has 0 aliphatic heterocycles. The molecule has 2 N–H and O–H groups in total. The van der Waals surface area contributed by atoms with Crippen LogP contribution in [0.2, 0.25) is 0 Å². The van der Waals surface area contributed by atoms with E-state index in [1.54, 1.807) is 0 Å². The van der Waals surface area contributed by atoms with Gasteiger partial charge in [-0.2, -0.15) is 0 Å². The minimum absolute atomic E-state index is 0. The first-order valence-corrected chi connectivity index (χ1v) is 8.12. The fourth-order valence-electron chi connectivity index (χ4n) is 1.10. The molecule has 0 radical (unpaired) electrons. The molecule has 0 unspecified atom stereocenters. The van der Waals surface area contributed by atoms with Crippen LogP contribution in [0.15, 0.2) is 12.2 Å². The predicted octanol–water partition coefficient (Wildman–Crippen LogP) is -15.1. The Morgan fingerprint density at radius 1 is 1.09 bits per heavy atom. The van der Waals surface area contributed by atoms with Gasteiger partial charge in [-0.1, -0.05) is 6.58 Å². The number of carbonyl (C=O) groups is 1. The van der Waals surface area contributed by atoms with Crippen LogP contribution in [-0.4, -0.2) is 22.6 Å². The van der Waals surface area contributed by atoms with Crippen molar-refractivity contribution in [2.75, 3.05) is 6.54 Å². The molecule has 9 nitrogen and oxygen atoms in total. The Bertz CT molecular complexity index is 443. The third-order valence-corrected chi connectivity index (χ3v) is 5.91. The van der Waals surface area contributed by atoms with Crippen LogP contribution >= 0.6 is 15.2 Å². The van der Waals surface area contributed by atoms with Gasteiger partial charge in [0, 0.05) is 12.1 Å². The van der Waals surface area contributed by atoms with Gasteiger partial charge in [0.25, 0.3) is 0 Å². The van der Waals surface area contributed by atoms with Crippen molar-refractivity contribution in [3.8, 4) is 0 Å². The normalized spacial score (nSPS) is 10.9. The van der Waals surface area contributed by atoms with Crippen LogP contribution in [0.3, 0.4) is 0 Å². The van der Waals surface area contributed by atoms with Gasteiger partial charge in [0.2, 0.25) is 5.91 Å². The van der Waals surface area contributed by atoms with Crippen molar-refractivity contribution >= 4 is 21.1 Å². The first-order valence-electron chi connectivity index (χ1n) is 5.03. The van der Waals surface area contributed by atoms with Crippen LogP contribution in [0.25, 0.3) is 0 Å². The van der Waals surface area contributed by atoms with Gasteiger partial charge in [0.15, 0.2) is 0 Å². The maximum atomic E-state index is 11.0. The minimum atomic E-state index is -6.06. The second-order valence-corrected chi connectivity index (χ2v) is 7.73. The van der Waals surface area contributed by atoms with Crippen molar-refractivity contribution in [3.05, 3.63) is 12.2 Å². The van der Waals surface area contributed by atoms with E-state index < -0.39 is 39.0 Å². The quantitative estimate of drug-likeness (QED) is 0.182. The summed E-state index contributed by atoms with van der Waals surface area (Å²) in [4.78, 5) is 53.8. The molecule has 1 amide bonds. The van der Waals surface area contributed by atoms with Crippen molar-refractivity contribution in [1.29, 1.82) is 0 Å². The molecule has 0 saturated heterocycles. The van der Waals surface area contributed by atoms with Crippen LogP contribution < -0.4 is 143 Å². The van der Waals surface area contributed by atoms with Crippen molar-refractivity contribution < 1.29 is 157 Å². The zero-order chi connectivity index (χ0) is 15.5. The Hall–Kier alpha value is 3.47. The van der Waals surface area contributed by atoms with E-state index >= 15 is 0 Å². The van der Waals surface area contributed by atoms with Gasteiger partial charge >= 0.3 is 118 Å². The summed E-state index contributed by atoms with van der Waals surface area (Å²) >= 11 is 0. The fourth-order valence-corrected chi connectivity index (χ4v) is 3.17. The van der Waals surface area contributed by atoms with Gasteiger partial charge in [-0.3, -0.25) is 4.79 Å². The molecule has 0 aliphatic carbocycles. The van der Waals surface area contributed by atoms with Gasteiger partial charge in [0.05, 0.1) is 0 Å². The largest absolute Gasteiger partial charge is 1.00 e. The summed E-state index contributed by atoms with van der Waals surface area (Å²) in [7, 11) is -12.1. The molecule has 0 rings (SSSR count). The van der Waals surface area contributed by atoms with Crippen LogP contribution in [-0.2, 0) is 13.9 Å². The summed E-state index contributed by atoms with van der Waals surface area (Å²) in [5.74, 6) is -0.566. The molecule has 0 spiro atoms. The van der Waals surface area contributed by atoms with Crippen LogP contribution in [0.1, 0.15) is 19.8 Å². The van der Waals surface area contributed by atoms with Gasteiger partial charge in [-0.05, 0) is 35.0 Å². The summed E-state index contributed by atoms with van der Waals surface area (Å²) in [5.41, 5.74) is 0.159. The molecule has 0 heterocycles. The second kappa shape index (κ2) is 15.4. The summed E-state index contributed by atoms with van der Waals surface area (Å²) in [5, 5.41) is 7.59. The summed E-state index contributed by atoms with van der Waals surface area (Å²) < 4.78 is 21.4. The van der Waals surface area contributed by atoms with Crippen LogP contribution in [0, 0.1) is 0 Å². The zero-order valence-electron chi connectivity index (χ0n) is 14.0. The summed E-state index contributed by atoms with van der Waals surface area (Å²) in [6.07, 6.45) is -1.50. The topological polar surface area (TPSA) is 176 Å². The number of hydrogen-bond donors (Lipinski definition) is 2. The van der Waals surface area contributed by atoms with E-state index in [-0.39, 0.29) is 130 Å². The SMILES string of the molecule is C=C(C)C(=O)NCCCC(O)(P(=O)([O-])[O-])P(=O)([O-])[O-].[Na+].[Na+].[Na+].[Na+]. The van der Waals surface area contributed by atoms with Crippen LogP contribution in [0.5, 0.6) is 0 Å². The van der Waals surface area contributed by atoms with Crippen molar-refractivity contribution in [2.45, 2.75) is 24.8 Å². The predicted molar refractivity (Wildman–Crippen MR) is 57.2 cm³/mol. The Morgan fingerprint density at radius 3 is 1.70 bits per heavy atom. The molecule has 15 heteroatoms. The Morgan fingerprint density at radius 2 is 1.43 bits per heavy atom. The molecule has 0 aromatic carbocycles. The van der Waals surface area contributed by atoms with Crippen molar-refractivity contribution in [1.82, 2.24) is 5.32 Å². The van der Waals surface area contributed by atoms with Gasteiger partial charge < -0.3 is 39.1 Å². The van der Waals surface area contributed by atoms with E-state index in [4.69, 9.17) is 0 Å². The molecular formula is C8H13NNa4O8P2. The molecule has 0 aromatic heterocycles. The molecule has 0 fully saturated rings. The summed E-state index contributed by atoms with van der Waals surface area (Å²) in [6.45, 7) is 4.48. The van der Waals surface area contributed by atoms with Crippen molar-refractivity contribution in [2.24, 2.45) is 0 Å². The number of rotatable bonds is 7. The Balaban J connectivity index is -0.000000270. The molecule has 0 saturated carbocycles. The first-order chi connectivity index (χ1) is 8.33. The van der Waals surface area contributed by atoms with Gasteiger partial charge in [0.1, 0.15) is 5.08 Å². The van der Waals surface area contributed by atoms with E-state index in [9.17, 15) is 38.6 Å². The molecule has 0 atom stereocenters. The molecule has 0 bridgehead atoms. The van der Waals surface area contributed by atoms with E-state index in [2.05, 4.69) is 11.9 Å². The third kappa shape index (κ3) is 12.5. The molecule has 23 heavy (non-hydrogen) atoms. The number of carbonyl (C=O) groups excluding carboxylic acids is 1. The average Bonchev–Trinajstić information content (AvgIpc) is 2.20. The standard InChI is InChI=1S/C8H17NO8P2.4Na/c1-6(2)7(10)9-5-3-4-8(11,18(12,13)14)19(15,16)17;;;;/h11H,1,3-5H2,2H3,(H,9,10)(H2,12,13,14)(H2,15,16,17);;;;/q;4*+1/p-4. The number of aliphatic hydroxyl groups is 1. The van der Waals surface area contributed by atoms with Gasteiger partial charge in [-0.25, -0.2) is 0 Å². The van der Waals surface area contributed by atoms with Gasteiger partial charge in [-0.15, -0.1) is 0 Å². The molecule has 0 aromatic rings. The molecular weight excluding hydrogens is 392 g/mol. The van der Waals surface area contributed by atoms with E-state index in [0.717, 1.165) is 0 Å². The number of hydrogen-bond acceptors (Lipinski definition) is 8. The number of nitrogens with one attached hydrogen (secondary N) is 1.